The number of phenolic OH excluding ortho intramolecular Hbond substituents is 1. The molecule has 1 aromatic rings. The van der Waals surface area contributed by atoms with Gasteiger partial charge in [0.25, 0.3) is 0 Å². The zero-order valence-electron chi connectivity index (χ0n) is 13.5. The van der Waals surface area contributed by atoms with Crippen LogP contribution in [0.25, 0.3) is 0 Å². The monoisotopic (exact) mass is 343 g/mol. The zero-order chi connectivity index (χ0) is 16.3. The minimum absolute atomic E-state index is 0.185. The van der Waals surface area contributed by atoms with Crippen molar-refractivity contribution in [2.24, 2.45) is 17.8 Å². The van der Waals surface area contributed by atoms with Crippen LogP contribution < -0.4 is 4.72 Å². The fraction of sp³-hybridized carbons (Fsp3) is 0.647. The molecule has 0 heterocycles. The fourth-order valence-electron chi connectivity index (χ4n) is 3.31. The van der Waals surface area contributed by atoms with E-state index in [0.717, 1.165) is 12.8 Å². The number of benzene rings is 1. The van der Waals surface area contributed by atoms with Crippen molar-refractivity contribution < 1.29 is 9.32 Å². The van der Waals surface area contributed by atoms with Crippen LogP contribution in [0.2, 0.25) is 5.02 Å². The molecule has 2 rings (SSSR count). The molecular formula is C17H26ClNO2S. The van der Waals surface area contributed by atoms with Gasteiger partial charge in [0.15, 0.2) is 0 Å². The van der Waals surface area contributed by atoms with E-state index in [1.807, 2.05) is 0 Å². The van der Waals surface area contributed by atoms with Gasteiger partial charge < -0.3 is 5.11 Å². The van der Waals surface area contributed by atoms with Crippen molar-refractivity contribution in [2.75, 3.05) is 0 Å². The molecule has 0 spiro atoms. The van der Waals surface area contributed by atoms with Crippen LogP contribution in [-0.4, -0.2) is 14.6 Å². The molecule has 4 atom stereocenters. The third-order valence-electron chi connectivity index (χ3n) is 4.68. The van der Waals surface area contributed by atoms with Gasteiger partial charge in [-0.05, 0) is 48.8 Å². The van der Waals surface area contributed by atoms with E-state index in [-0.39, 0.29) is 11.0 Å². The van der Waals surface area contributed by atoms with Crippen molar-refractivity contribution in [3.63, 3.8) is 0 Å². The van der Waals surface area contributed by atoms with Crippen LogP contribution in [0.1, 0.15) is 45.6 Å². The lowest BCUT2D eigenvalue weighted by molar-refractivity contribution is 0.240. The average Bonchev–Trinajstić information content (AvgIpc) is 2.47. The van der Waals surface area contributed by atoms with E-state index in [1.165, 1.54) is 6.42 Å². The number of nitrogens with one attached hydrogen (secondary N) is 1. The first kappa shape index (κ1) is 17.8. The van der Waals surface area contributed by atoms with Gasteiger partial charge in [0.1, 0.15) is 5.75 Å². The molecule has 0 aromatic heterocycles. The second kappa shape index (κ2) is 7.80. The first-order valence-corrected chi connectivity index (χ1v) is 9.59. The molecular weight excluding hydrogens is 318 g/mol. The summed E-state index contributed by atoms with van der Waals surface area (Å²) in [6.07, 6.45) is 3.38. The lowest BCUT2D eigenvalue weighted by atomic mass is 9.77. The Labute approximate surface area is 141 Å². The standard InChI is InChI=1S/C17H26ClNO2S/c1-11(2)15-6-4-12(3)8-17(15)22(21)19-10-13-9-14(18)5-7-16(13)20/h5,7,9,11-12,15,17,19-20H,4,6,8,10H2,1-3H3/t12-,15+,17+,22+/m1/s1. The summed E-state index contributed by atoms with van der Waals surface area (Å²) in [6.45, 7) is 7.04. The number of hydrogen-bond acceptors (Lipinski definition) is 2. The quantitative estimate of drug-likeness (QED) is 0.839. The van der Waals surface area contributed by atoms with E-state index in [1.54, 1.807) is 18.2 Å². The van der Waals surface area contributed by atoms with Crippen LogP contribution in [-0.2, 0) is 17.5 Å². The number of rotatable bonds is 5. The molecule has 1 fully saturated rings. The highest BCUT2D eigenvalue weighted by atomic mass is 35.5. The molecule has 1 aliphatic carbocycles. The topological polar surface area (TPSA) is 49.3 Å². The minimum Gasteiger partial charge on any atom is -0.508 e. The smallest absolute Gasteiger partial charge is 0.120 e. The van der Waals surface area contributed by atoms with Crippen LogP contribution in [0, 0.1) is 17.8 Å². The average molecular weight is 344 g/mol. The van der Waals surface area contributed by atoms with Gasteiger partial charge in [-0.25, -0.2) is 8.93 Å². The number of hydrogen-bond donors (Lipinski definition) is 2. The van der Waals surface area contributed by atoms with Gasteiger partial charge in [-0.15, -0.1) is 0 Å². The van der Waals surface area contributed by atoms with Gasteiger partial charge in [-0.2, -0.15) is 0 Å². The molecule has 1 aliphatic rings. The third kappa shape index (κ3) is 4.46. The third-order valence-corrected chi connectivity index (χ3v) is 6.44. The molecule has 1 aromatic carbocycles. The Bertz CT molecular complexity index is 535. The highest BCUT2D eigenvalue weighted by Gasteiger charge is 2.34. The van der Waals surface area contributed by atoms with E-state index in [9.17, 15) is 9.32 Å². The summed E-state index contributed by atoms with van der Waals surface area (Å²) in [5.41, 5.74) is 0.686. The number of halogens is 1. The lowest BCUT2D eigenvalue weighted by Crippen LogP contribution is -2.40. The maximum atomic E-state index is 12.7. The molecule has 0 aliphatic heterocycles. The fourth-order valence-corrected chi connectivity index (χ4v) is 5.29. The Morgan fingerprint density at radius 2 is 2.14 bits per heavy atom. The highest BCUT2D eigenvalue weighted by molar-refractivity contribution is 7.83. The molecule has 0 radical (unpaired) electrons. The Balaban J connectivity index is 2.02. The van der Waals surface area contributed by atoms with E-state index >= 15 is 0 Å². The minimum atomic E-state index is -1.10. The number of phenols is 1. The second-order valence-electron chi connectivity index (χ2n) is 6.76. The van der Waals surface area contributed by atoms with Gasteiger partial charge >= 0.3 is 0 Å². The van der Waals surface area contributed by atoms with E-state index in [2.05, 4.69) is 25.5 Å². The molecule has 1 saturated carbocycles. The Morgan fingerprint density at radius 3 is 2.82 bits per heavy atom. The summed E-state index contributed by atoms with van der Waals surface area (Å²) < 4.78 is 15.8. The van der Waals surface area contributed by atoms with Crippen LogP contribution in [0.15, 0.2) is 18.2 Å². The highest BCUT2D eigenvalue weighted by Crippen LogP contribution is 2.36. The van der Waals surface area contributed by atoms with Crippen molar-refractivity contribution >= 4 is 22.6 Å². The van der Waals surface area contributed by atoms with Gasteiger partial charge in [-0.3, -0.25) is 0 Å². The molecule has 124 valence electrons. The maximum absolute atomic E-state index is 12.7. The van der Waals surface area contributed by atoms with Crippen molar-refractivity contribution in [2.45, 2.75) is 51.8 Å². The molecule has 0 saturated heterocycles. The van der Waals surface area contributed by atoms with E-state index in [4.69, 9.17) is 11.6 Å². The van der Waals surface area contributed by atoms with Gasteiger partial charge in [0.05, 0.1) is 16.2 Å². The maximum Gasteiger partial charge on any atom is 0.120 e. The van der Waals surface area contributed by atoms with Gasteiger partial charge in [-0.1, -0.05) is 38.8 Å². The lowest BCUT2D eigenvalue weighted by Gasteiger charge is -2.36. The van der Waals surface area contributed by atoms with Crippen molar-refractivity contribution in [3.8, 4) is 5.75 Å². The van der Waals surface area contributed by atoms with Gasteiger partial charge in [0, 0.05) is 17.1 Å². The summed E-state index contributed by atoms with van der Waals surface area (Å²) in [4.78, 5) is 0. The predicted molar refractivity (Wildman–Crippen MR) is 93.2 cm³/mol. The van der Waals surface area contributed by atoms with E-state index < -0.39 is 11.0 Å². The Morgan fingerprint density at radius 1 is 1.41 bits per heavy atom. The summed E-state index contributed by atoms with van der Waals surface area (Å²) in [5, 5.41) is 10.6. The number of aromatic hydroxyl groups is 1. The molecule has 0 bridgehead atoms. The van der Waals surface area contributed by atoms with Crippen molar-refractivity contribution in [1.82, 2.24) is 4.72 Å². The SMILES string of the molecule is CC(C)[C@@H]1CC[C@@H](C)C[C@@H]1[S@](=O)NCc1cc(Cl)ccc1O. The first-order chi connectivity index (χ1) is 10.4. The zero-order valence-corrected chi connectivity index (χ0v) is 15.1. The molecule has 22 heavy (non-hydrogen) atoms. The molecule has 3 nitrogen and oxygen atoms in total. The molecule has 0 unspecified atom stereocenters. The van der Waals surface area contributed by atoms with Crippen LogP contribution >= 0.6 is 11.6 Å². The van der Waals surface area contributed by atoms with Crippen LogP contribution in [0.4, 0.5) is 0 Å². The Kier molecular flexibility index (Phi) is 6.30. The Hall–Kier alpha value is -0.580. The van der Waals surface area contributed by atoms with Crippen LogP contribution in [0.3, 0.4) is 0 Å². The van der Waals surface area contributed by atoms with Crippen LogP contribution in [0.5, 0.6) is 5.75 Å². The molecule has 0 amide bonds. The summed E-state index contributed by atoms with van der Waals surface area (Å²) in [5.74, 6) is 1.86. The summed E-state index contributed by atoms with van der Waals surface area (Å²) in [7, 11) is -1.10. The van der Waals surface area contributed by atoms with Crippen molar-refractivity contribution in [3.05, 3.63) is 28.8 Å². The summed E-state index contributed by atoms with van der Waals surface area (Å²) >= 11 is 5.95. The molecule has 2 N–H and O–H groups in total. The normalized spacial score (nSPS) is 27.0. The van der Waals surface area contributed by atoms with E-state index in [0.29, 0.717) is 34.9 Å². The second-order valence-corrected chi connectivity index (χ2v) is 8.68. The van der Waals surface area contributed by atoms with Gasteiger partial charge in [0.2, 0.25) is 0 Å². The first-order valence-electron chi connectivity index (χ1n) is 8.00. The predicted octanol–water partition coefficient (Wildman–Crippen LogP) is 4.26. The summed E-state index contributed by atoms with van der Waals surface area (Å²) in [6, 6.07) is 4.93. The largest absolute Gasteiger partial charge is 0.508 e. The molecule has 5 heteroatoms. The van der Waals surface area contributed by atoms with Crippen molar-refractivity contribution in [1.29, 1.82) is 0 Å².